The van der Waals surface area contributed by atoms with Crippen LogP contribution in [0.2, 0.25) is 0 Å². The van der Waals surface area contributed by atoms with Gasteiger partial charge in [-0.15, -0.1) is 0 Å². The van der Waals surface area contributed by atoms with Crippen molar-refractivity contribution in [3.63, 3.8) is 0 Å². The lowest BCUT2D eigenvalue weighted by atomic mass is 10.4. The summed E-state index contributed by atoms with van der Waals surface area (Å²) >= 11 is 3.11. The Morgan fingerprint density at radius 2 is 2.42 bits per heavy atom. The molecule has 1 heterocycles. The molecule has 12 heavy (non-hydrogen) atoms. The average molecular weight is 234 g/mol. The summed E-state index contributed by atoms with van der Waals surface area (Å²) < 4.78 is 18.6. The highest BCUT2D eigenvalue weighted by Crippen LogP contribution is 2.17. The van der Waals surface area contributed by atoms with E-state index in [0.717, 1.165) is 6.42 Å². The fraction of sp³-hybridized carbons (Fsp3) is 0.375. The van der Waals surface area contributed by atoms with Crippen molar-refractivity contribution in [2.75, 3.05) is 6.61 Å². The van der Waals surface area contributed by atoms with Crippen LogP contribution in [-0.2, 0) is 0 Å². The SMILES string of the molecule is CCCOc1ncc(Br)cc1F. The molecule has 1 aromatic heterocycles. The Hall–Kier alpha value is -0.640. The molecule has 0 N–H and O–H groups in total. The molecule has 0 unspecified atom stereocenters. The van der Waals surface area contributed by atoms with Crippen LogP contribution in [0.25, 0.3) is 0 Å². The molecule has 66 valence electrons. The zero-order chi connectivity index (χ0) is 8.97. The van der Waals surface area contributed by atoms with E-state index in [1.807, 2.05) is 6.92 Å². The molecule has 0 spiro atoms. The van der Waals surface area contributed by atoms with Gasteiger partial charge in [-0.25, -0.2) is 9.37 Å². The molecule has 0 aliphatic carbocycles. The Morgan fingerprint density at radius 3 is 3.00 bits per heavy atom. The number of hydrogen-bond donors (Lipinski definition) is 0. The molecule has 1 rings (SSSR count). The topological polar surface area (TPSA) is 22.1 Å². The first-order valence-corrected chi connectivity index (χ1v) is 4.47. The van der Waals surface area contributed by atoms with E-state index < -0.39 is 5.82 Å². The lowest BCUT2D eigenvalue weighted by molar-refractivity contribution is 0.288. The van der Waals surface area contributed by atoms with Gasteiger partial charge < -0.3 is 4.74 Å². The second-order valence-corrected chi connectivity index (χ2v) is 3.20. The Bertz CT molecular complexity index is 267. The fourth-order valence-corrected chi connectivity index (χ4v) is 1.01. The van der Waals surface area contributed by atoms with Gasteiger partial charge in [-0.1, -0.05) is 6.92 Å². The molecule has 0 saturated heterocycles. The maximum absolute atomic E-state index is 13.0. The van der Waals surface area contributed by atoms with Crippen molar-refractivity contribution in [1.82, 2.24) is 4.98 Å². The molecule has 0 aliphatic rings. The summed E-state index contributed by atoms with van der Waals surface area (Å²) in [6, 6.07) is 1.33. The van der Waals surface area contributed by atoms with Gasteiger partial charge in [0, 0.05) is 10.7 Å². The van der Waals surface area contributed by atoms with Gasteiger partial charge in [0.25, 0.3) is 0 Å². The van der Waals surface area contributed by atoms with Crippen molar-refractivity contribution in [2.24, 2.45) is 0 Å². The van der Waals surface area contributed by atoms with Crippen molar-refractivity contribution >= 4 is 15.9 Å². The quantitative estimate of drug-likeness (QED) is 0.802. The van der Waals surface area contributed by atoms with E-state index in [-0.39, 0.29) is 5.88 Å². The van der Waals surface area contributed by atoms with Gasteiger partial charge in [0.05, 0.1) is 6.61 Å². The minimum absolute atomic E-state index is 0.0695. The molecular formula is C8H9BrFNO. The van der Waals surface area contributed by atoms with Crippen LogP contribution < -0.4 is 4.74 Å². The molecule has 0 bridgehead atoms. The highest BCUT2D eigenvalue weighted by atomic mass is 79.9. The number of ether oxygens (including phenoxy) is 1. The lowest BCUT2D eigenvalue weighted by Gasteiger charge is -2.03. The van der Waals surface area contributed by atoms with Crippen LogP contribution in [-0.4, -0.2) is 11.6 Å². The summed E-state index contributed by atoms with van der Waals surface area (Å²) in [7, 11) is 0. The van der Waals surface area contributed by atoms with Crippen molar-refractivity contribution in [1.29, 1.82) is 0 Å². The number of hydrogen-bond acceptors (Lipinski definition) is 2. The molecule has 0 atom stereocenters. The first-order valence-electron chi connectivity index (χ1n) is 3.68. The maximum Gasteiger partial charge on any atom is 0.250 e. The van der Waals surface area contributed by atoms with E-state index in [1.165, 1.54) is 12.3 Å². The highest BCUT2D eigenvalue weighted by molar-refractivity contribution is 9.10. The van der Waals surface area contributed by atoms with E-state index in [2.05, 4.69) is 20.9 Å². The van der Waals surface area contributed by atoms with Gasteiger partial charge in [0.15, 0.2) is 5.82 Å². The van der Waals surface area contributed by atoms with Crippen LogP contribution in [0.4, 0.5) is 4.39 Å². The summed E-state index contributed by atoms with van der Waals surface area (Å²) in [6.45, 7) is 2.45. The predicted molar refractivity (Wildman–Crippen MR) is 47.7 cm³/mol. The number of halogens is 2. The van der Waals surface area contributed by atoms with Gasteiger partial charge >= 0.3 is 0 Å². The molecule has 2 nitrogen and oxygen atoms in total. The second kappa shape index (κ2) is 4.40. The molecular weight excluding hydrogens is 225 g/mol. The molecule has 0 amide bonds. The average Bonchev–Trinajstić information content (AvgIpc) is 2.03. The zero-order valence-corrected chi connectivity index (χ0v) is 8.27. The summed E-state index contributed by atoms with van der Waals surface area (Å²) in [5.41, 5.74) is 0. The maximum atomic E-state index is 13.0. The molecule has 0 saturated carbocycles. The van der Waals surface area contributed by atoms with E-state index in [0.29, 0.717) is 11.1 Å². The summed E-state index contributed by atoms with van der Waals surface area (Å²) in [5, 5.41) is 0. The predicted octanol–water partition coefficient (Wildman–Crippen LogP) is 2.77. The van der Waals surface area contributed by atoms with Gasteiger partial charge in [-0.05, 0) is 28.4 Å². The van der Waals surface area contributed by atoms with Crippen molar-refractivity contribution < 1.29 is 9.13 Å². The van der Waals surface area contributed by atoms with Crippen LogP contribution in [0, 0.1) is 5.82 Å². The van der Waals surface area contributed by atoms with Crippen LogP contribution in [0.3, 0.4) is 0 Å². The monoisotopic (exact) mass is 233 g/mol. The molecule has 4 heteroatoms. The third-order valence-electron chi connectivity index (χ3n) is 1.22. The number of pyridine rings is 1. The number of rotatable bonds is 3. The first kappa shape index (κ1) is 9.45. The standard InChI is InChI=1S/C8H9BrFNO/c1-2-3-12-8-7(10)4-6(9)5-11-8/h4-5H,2-3H2,1H3. The van der Waals surface area contributed by atoms with Gasteiger partial charge in [-0.3, -0.25) is 0 Å². The van der Waals surface area contributed by atoms with Crippen LogP contribution in [0.1, 0.15) is 13.3 Å². The van der Waals surface area contributed by atoms with Gasteiger partial charge in [0.2, 0.25) is 5.88 Å². The third kappa shape index (κ3) is 2.44. The Morgan fingerprint density at radius 1 is 1.67 bits per heavy atom. The van der Waals surface area contributed by atoms with Crippen LogP contribution in [0.5, 0.6) is 5.88 Å². The minimum atomic E-state index is -0.433. The normalized spacial score (nSPS) is 9.92. The van der Waals surface area contributed by atoms with E-state index in [4.69, 9.17) is 4.74 Å². The summed E-state index contributed by atoms with van der Waals surface area (Å²) in [6.07, 6.45) is 2.35. The van der Waals surface area contributed by atoms with E-state index in [1.54, 1.807) is 0 Å². The van der Waals surface area contributed by atoms with Gasteiger partial charge in [0.1, 0.15) is 0 Å². The Balaban J connectivity index is 2.72. The Kier molecular flexibility index (Phi) is 3.47. The smallest absolute Gasteiger partial charge is 0.250 e. The first-order chi connectivity index (χ1) is 5.74. The molecule has 0 aromatic carbocycles. The van der Waals surface area contributed by atoms with E-state index >= 15 is 0 Å². The number of nitrogens with zero attached hydrogens (tertiary/aromatic N) is 1. The molecule has 0 fully saturated rings. The van der Waals surface area contributed by atoms with Crippen molar-refractivity contribution in [2.45, 2.75) is 13.3 Å². The van der Waals surface area contributed by atoms with Crippen LogP contribution in [0.15, 0.2) is 16.7 Å². The second-order valence-electron chi connectivity index (χ2n) is 2.29. The molecule has 0 radical (unpaired) electrons. The largest absolute Gasteiger partial charge is 0.476 e. The molecule has 0 aliphatic heterocycles. The lowest BCUT2D eigenvalue weighted by Crippen LogP contribution is -1.99. The highest BCUT2D eigenvalue weighted by Gasteiger charge is 2.03. The van der Waals surface area contributed by atoms with Crippen molar-refractivity contribution in [3.8, 4) is 5.88 Å². The minimum Gasteiger partial charge on any atom is -0.476 e. The van der Waals surface area contributed by atoms with E-state index in [9.17, 15) is 4.39 Å². The third-order valence-corrected chi connectivity index (χ3v) is 1.65. The molecule has 1 aromatic rings. The summed E-state index contributed by atoms with van der Waals surface area (Å²) in [5.74, 6) is -0.363. The van der Waals surface area contributed by atoms with Crippen molar-refractivity contribution in [3.05, 3.63) is 22.6 Å². The number of aromatic nitrogens is 1. The Labute approximate surface area is 78.9 Å². The summed E-state index contributed by atoms with van der Waals surface area (Å²) in [4.78, 5) is 3.77. The van der Waals surface area contributed by atoms with Gasteiger partial charge in [-0.2, -0.15) is 0 Å². The fourth-order valence-electron chi connectivity index (χ4n) is 0.707. The van der Waals surface area contributed by atoms with Crippen LogP contribution >= 0.6 is 15.9 Å². The zero-order valence-electron chi connectivity index (χ0n) is 6.68.